The van der Waals surface area contributed by atoms with Crippen molar-refractivity contribution in [3.8, 4) is 5.75 Å². The first-order chi connectivity index (χ1) is 13.4. The van der Waals surface area contributed by atoms with Crippen LogP contribution in [-0.4, -0.2) is 15.7 Å². The molecule has 0 fully saturated rings. The summed E-state index contributed by atoms with van der Waals surface area (Å²) in [5.74, 6) is 0.865. The fourth-order valence-corrected chi connectivity index (χ4v) is 3.11. The molecule has 148 valence electrons. The van der Waals surface area contributed by atoms with Crippen LogP contribution in [0.25, 0.3) is 0 Å². The van der Waals surface area contributed by atoms with Gasteiger partial charge < -0.3 is 14.5 Å². The molecule has 1 N–H and O–H groups in total. The third-order valence-electron chi connectivity index (χ3n) is 4.27. The minimum Gasteiger partial charge on any atom is -0.484 e. The van der Waals surface area contributed by atoms with Crippen LogP contribution < -0.4 is 10.1 Å². The van der Waals surface area contributed by atoms with E-state index in [-0.39, 0.29) is 24.3 Å². The van der Waals surface area contributed by atoms with E-state index in [0.717, 1.165) is 17.8 Å². The van der Waals surface area contributed by atoms with Crippen molar-refractivity contribution >= 4 is 29.1 Å². The number of amides is 1. The quantitative estimate of drug-likeness (QED) is 0.570. The number of furan rings is 1. The van der Waals surface area contributed by atoms with Crippen molar-refractivity contribution in [2.75, 3.05) is 0 Å². The number of aryl methyl sites for hydroxylation is 2. The number of aromatic nitrogens is 2. The van der Waals surface area contributed by atoms with Gasteiger partial charge in [-0.3, -0.25) is 9.48 Å². The van der Waals surface area contributed by atoms with Crippen molar-refractivity contribution < 1.29 is 13.9 Å². The summed E-state index contributed by atoms with van der Waals surface area (Å²) in [6.07, 6.45) is 1.94. The molecule has 0 saturated carbocycles. The molecule has 0 unspecified atom stereocenters. The zero-order chi connectivity index (χ0) is 20.3. The molecule has 0 bridgehead atoms. The minimum absolute atomic E-state index is 0.130. The van der Waals surface area contributed by atoms with E-state index in [0.29, 0.717) is 21.6 Å². The normalized spacial score (nSPS) is 12.0. The summed E-state index contributed by atoms with van der Waals surface area (Å²) in [5.41, 5.74) is 1.86. The highest BCUT2D eigenvalue weighted by atomic mass is 35.5. The molecule has 0 aliphatic carbocycles. The largest absolute Gasteiger partial charge is 0.484 e. The molecule has 0 aliphatic rings. The van der Waals surface area contributed by atoms with Crippen LogP contribution in [0.3, 0.4) is 0 Å². The van der Waals surface area contributed by atoms with E-state index in [4.69, 9.17) is 32.4 Å². The smallest absolute Gasteiger partial charge is 0.287 e. The van der Waals surface area contributed by atoms with Gasteiger partial charge in [-0.1, -0.05) is 23.2 Å². The van der Waals surface area contributed by atoms with Gasteiger partial charge in [0.1, 0.15) is 18.1 Å². The molecule has 1 atom stereocenters. The number of rotatable bonds is 7. The van der Waals surface area contributed by atoms with Crippen molar-refractivity contribution in [2.24, 2.45) is 0 Å². The van der Waals surface area contributed by atoms with Gasteiger partial charge in [-0.15, -0.1) is 0 Å². The van der Waals surface area contributed by atoms with E-state index in [1.807, 2.05) is 31.6 Å². The second-order valence-electron chi connectivity index (χ2n) is 6.35. The lowest BCUT2D eigenvalue weighted by Gasteiger charge is -2.12. The maximum Gasteiger partial charge on any atom is 0.287 e. The molecule has 8 heteroatoms. The first-order valence-electron chi connectivity index (χ1n) is 8.88. The Hall–Kier alpha value is -2.44. The van der Waals surface area contributed by atoms with Crippen molar-refractivity contribution in [1.82, 2.24) is 15.1 Å². The summed E-state index contributed by atoms with van der Waals surface area (Å²) in [6.45, 7) is 6.76. The highest BCUT2D eigenvalue weighted by Gasteiger charge is 2.18. The van der Waals surface area contributed by atoms with Gasteiger partial charge in [-0.25, -0.2) is 0 Å². The van der Waals surface area contributed by atoms with E-state index < -0.39 is 0 Å². The average Bonchev–Trinajstić information content (AvgIpc) is 3.29. The molecule has 0 radical (unpaired) electrons. The Morgan fingerprint density at radius 1 is 1.32 bits per heavy atom. The molecule has 0 aliphatic heterocycles. The summed E-state index contributed by atoms with van der Waals surface area (Å²) >= 11 is 12.0. The first-order valence-corrected chi connectivity index (χ1v) is 9.64. The van der Waals surface area contributed by atoms with E-state index in [2.05, 4.69) is 10.4 Å². The number of carbonyl (C=O) groups is 1. The number of benzene rings is 1. The molecule has 0 spiro atoms. The van der Waals surface area contributed by atoms with Gasteiger partial charge in [0, 0.05) is 29.4 Å². The number of hydrogen-bond donors (Lipinski definition) is 1. The molecule has 1 amide bonds. The molecule has 3 aromatic rings. The van der Waals surface area contributed by atoms with Crippen LogP contribution in [-0.2, 0) is 13.2 Å². The molecule has 28 heavy (non-hydrogen) atoms. The topological polar surface area (TPSA) is 69.3 Å². The van der Waals surface area contributed by atoms with Crippen LogP contribution in [0, 0.1) is 6.92 Å². The second-order valence-corrected chi connectivity index (χ2v) is 7.19. The van der Waals surface area contributed by atoms with Gasteiger partial charge in [0.2, 0.25) is 0 Å². The number of halogens is 2. The summed E-state index contributed by atoms with van der Waals surface area (Å²) in [5, 5.41) is 8.31. The van der Waals surface area contributed by atoms with Gasteiger partial charge in [0.05, 0.1) is 16.8 Å². The molecular weight excluding hydrogens is 401 g/mol. The minimum atomic E-state index is -0.303. The van der Waals surface area contributed by atoms with Crippen molar-refractivity contribution in [2.45, 2.75) is 40.0 Å². The van der Waals surface area contributed by atoms with E-state index in [1.165, 1.54) is 0 Å². The second kappa shape index (κ2) is 8.71. The lowest BCUT2D eigenvalue weighted by atomic mass is 10.1. The molecule has 2 heterocycles. The van der Waals surface area contributed by atoms with Gasteiger partial charge >= 0.3 is 0 Å². The van der Waals surface area contributed by atoms with Crippen LogP contribution in [0.1, 0.15) is 47.5 Å². The maximum atomic E-state index is 12.5. The lowest BCUT2D eigenvalue weighted by molar-refractivity contribution is 0.0907. The maximum absolute atomic E-state index is 12.5. The highest BCUT2D eigenvalue weighted by molar-refractivity contribution is 6.34. The summed E-state index contributed by atoms with van der Waals surface area (Å²) < 4.78 is 13.1. The Balaban J connectivity index is 1.62. The fraction of sp³-hybridized carbons (Fsp3) is 0.300. The van der Waals surface area contributed by atoms with Crippen LogP contribution in [0.4, 0.5) is 0 Å². The molecule has 0 saturated heterocycles. The Bertz CT molecular complexity index is 981. The third-order valence-corrected chi connectivity index (χ3v) is 4.82. The number of nitrogens with zero attached hydrogens (tertiary/aromatic N) is 2. The van der Waals surface area contributed by atoms with E-state index in [9.17, 15) is 4.79 Å². The van der Waals surface area contributed by atoms with E-state index in [1.54, 1.807) is 30.3 Å². The van der Waals surface area contributed by atoms with Crippen LogP contribution >= 0.6 is 23.2 Å². The number of hydrogen-bond acceptors (Lipinski definition) is 4. The van der Waals surface area contributed by atoms with Gasteiger partial charge in [-0.05, 0) is 45.0 Å². The van der Waals surface area contributed by atoms with Crippen LogP contribution in [0.2, 0.25) is 10.0 Å². The Morgan fingerprint density at radius 2 is 2.11 bits per heavy atom. The van der Waals surface area contributed by atoms with Gasteiger partial charge in [-0.2, -0.15) is 5.10 Å². The van der Waals surface area contributed by atoms with Crippen LogP contribution in [0.5, 0.6) is 5.75 Å². The van der Waals surface area contributed by atoms with Crippen molar-refractivity contribution in [1.29, 1.82) is 0 Å². The fourth-order valence-electron chi connectivity index (χ4n) is 2.78. The molecule has 1 aromatic carbocycles. The molecular formula is C20H21Cl2N3O3. The van der Waals surface area contributed by atoms with Crippen molar-refractivity contribution in [3.05, 3.63) is 69.4 Å². The number of nitrogens with one attached hydrogen (secondary N) is 1. The predicted molar refractivity (Wildman–Crippen MR) is 108 cm³/mol. The average molecular weight is 422 g/mol. The van der Waals surface area contributed by atoms with Crippen molar-refractivity contribution in [3.63, 3.8) is 0 Å². The summed E-state index contributed by atoms with van der Waals surface area (Å²) in [7, 11) is 0. The number of ether oxygens (including phenoxy) is 1. The zero-order valence-electron chi connectivity index (χ0n) is 15.8. The molecule has 3 rings (SSSR count). The Labute approximate surface area is 173 Å². The first kappa shape index (κ1) is 20.3. The van der Waals surface area contributed by atoms with Gasteiger partial charge in [0.25, 0.3) is 5.91 Å². The molecule has 6 nitrogen and oxygen atoms in total. The highest BCUT2D eigenvalue weighted by Crippen LogP contribution is 2.28. The van der Waals surface area contributed by atoms with E-state index >= 15 is 0 Å². The monoisotopic (exact) mass is 421 g/mol. The Morgan fingerprint density at radius 3 is 2.82 bits per heavy atom. The SMILES string of the molecule is CCn1cc([C@H](C)NC(=O)c2ccc(COc3cc(Cl)ccc3Cl)o2)c(C)n1. The van der Waals surface area contributed by atoms with Crippen LogP contribution in [0.15, 0.2) is 40.9 Å². The molecule has 2 aromatic heterocycles. The lowest BCUT2D eigenvalue weighted by Crippen LogP contribution is -2.26. The summed E-state index contributed by atoms with van der Waals surface area (Å²) in [6, 6.07) is 8.08. The third kappa shape index (κ3) is 4.69. The predicted octanol–water partition coefficient (Wildman–Crippen LogP) is 5.18. The standard InChI is InChI=1S/C20H21Cl2N3O3/c1-4-25-10-16(13(3)24-25)12(2)23-20(26)18-8-6-15(28-18)11-27-19-9-14(21)5-7-17(19)22/h5-10,12H,4,11H2,1-3H3,(H,23,26)/t12-/m0/s1. The Kier molecular flexibility index (Phi) is 6.31. The zero-order valence-corrected chi connectivity index (χ0v) is 17.3. The summed E-state index contributed by atoms with van der Waals surface area (Å²) in [4.78, 5) is 12.5. The number of carbonyl (C=O) groups excluding carboxylic acids is 1. The van der Waals surface area contributed by atoms with Gasteiger partial charge in [0.15, 0.2) is 5.76 Å².